The van der Waals surface area contributed by atoms with Crippen LogP contribution < -0.4 is 10.6 Å². The number of carboxylic acid groups (broad SMARTS) is 1. The van der Waals surface area contributed by atoms with Crippen LogP contribution in [0.25, 0.3) is 0 Å². The number of carbonyl (C=O) groups is 1. The van der Waals surface area contributed by atoms with Crippen LogP contribution in [0.4, 0.5) is 14.5 Å². The van der Waals surface area contributed by atoms with Crippen LogP contribution in [0.1, 0.15) is 6.42 Å². The minimum Gasteiger partial charge on any atom is -0.481 e. The Hall–Kier alpha value is -1.34. The van der Waals surface area contributed by atoms with Gasteiger partial charge in [0.25, 0.3) is 5.76 Å². The summed E-state index contributed by atoms with van der Waals surface area (Å²) in [6.45, 7) is 1.01. The molecule has 1 aromatic rings. The first-order chi connectivity index (χ1) is 9.01. The van der Waals surface area contributed by atoms with Gasteiger partial charge in [-0.1, -0.05) is 23.9 Å². The molecule has 0 aliphatic carbocycles. The van der Waals surface area contributed by atoms with Gasteiger partial charge in [-0.15, -0.1) is 0 Å². The van der Waals surface area contributed by atoms with Gasteiger partial charge in [-0.3, -0.25) is 4.79 Å². The van der Waals surface area contributed by atoms with Gasteiger partial charge in [-0.05, 0) is 12.1 Å². The molecule has 1 fully saturated rings. The minimum absolute atomic E-state index is 0.0479. The smallest absolute Gasteiger partial charge is 0.305 e. The molecule has 3 N–H and O–H groups in total. The normalized spacial score (nSPS) is 17.0. The minimum atomic E-state index is -2.50. The van der Waals surface area contributed by atoms with E-state index < -0.39 is 17.3 Å². The Bertz CT molecular complexity index is 467. The number of rotatable bonds is 6. The van der Waals surface area contributed by atoms with Gasteiger partial charge in [-0.2, -0.15) is 8.78 Å². The molecular formula is C12H14F2N2O2S. The molecule has 4 nitrogen and oxygen atoms in total. The van der Waals surface area contributed by atoms with Crippen LogP contribution in [0.15, 0.2) is 29.2 Å². The van der Waals surface area contributed by atoms with Gasteiger partial charge >= 0.3 is 5.97 Å². The second-order valence-corrected chi connectivity index (χ2v) is 5.49. The van der Waals surface area contributed by atoms with Gasteiger partial charge in [-0.25, -0.2) is 0 Å². The summed E-state index contributed by atoms with van der Waals surface area (Å²) >= 11 is 0.456. The number of para-hydroxylation sites is 1. The fraction of sp³-hybridized carbons (Fsp3) is 0.417. The highest BCUT2D eigenvalue weighted by molar-refractivity contribution is 7.99. The van der Waals surface area contributed by atoms with Crippen molar-refractivity contribution >= 4 is 23.4 Å². The lowest BCUT2D eigenvalue weighted by Crippen LogP contribution is -2.65. The van der Waals surface area contributed by atoms with E-state index in [1.165, 1.54) is 0 Å². The Morgan fingerprint density at radius 2 is 2.16 bits per heavy atom. The molecule has 0 unspecified atom stereocenters. The number of nitrogens with one attached hydrogen (secondary N) is 2. The maximum atomic E-state index is 12.5. The molecule has 0 amide bonds. The largest absolute Gasteiger partial charge is 0.481 e. The number of alkyl halides is 2. The lowest BCUT2D eigenvalue weighted by molar-refractivity contribution is -0.138. The summed E-state index contributed by atoms with van der Waals surface area (Å²) in [4.78, 5) is 11.3. The topological polar surface area (TPSA) is 61.4 Å². The van der Waals surface area contributed by atoms with Crippen LogP contribution in [0.2, 0.25) is 0 Å². The first-order valence-electron chi connectivity index (χ1n) is 5.75. The third kappa shape index (κ3) is 3.57. The van der Waals surface area contributed by atoms with Crippen molar-refractivity contribution in [3.05, 3.63) is 24.3 Å². The number of halogens is 2. The van der Waals surface area contributed by atoms with E-state index in [1.807, 2.05) is 0 Å². The first-order valence-corrected chi connectivity index (χ1v) is 6.63. The second-order valence-electron chi connectivity index (χ2n) is 4.45. The molecule has 1 aliphatic heterocycles. The zero-order chi connectivity index (χ0) is 13.9. The van der Waals surface area contributed by atoms with Crippen LogP contribution in [0.3, 0.4) is 0 Å². The van der Waals surface area contributed by atoms with Crippen molar-refractivity contribution in [2.75, 3.05) is 18.4 Å². The standard InChI is InChI=1S/C12H14F2N2O2S/c13-11(14)19-9-4-2-1-3-8(9)16-12(5-10(17)18)6-15-7-12/h1-4,11,15-16H,5-7H2,(H,17,18). The van der Waals surface area contributed by atoms with Crippen molar-refractivity contribution < 1.29 is 18.7 Å². The van der Waals surface area contributed by atoms with Gasteiger partial charge in [0.2, 0.25) is 0 Å². The molecule has 104 valence electrons. The van der Waals surface area contributed by atoms with E-state index in [2.05, 4.69) is 10.6 Å². The van der Waals surface area contributed by atoms with Crippen LogP contribution >= 0.6 is 11.8 Å². The molecule has 1 saturated heterocycles. The molecule has 0 spiro atoms. The molecule has 1 aliphatic rings. The molecular weight excluding hydrogens is 274 g/mol. The maximum Gasteiger partial charge on any atom is 0.305 e. The molecule has 19 heavy (non-hydrogen) atoms. The quantitative estimate of drug-likeness (QED) is 0.701. The number of aliphatic carboxylic acids is 1. The Morgan fingerprint density at radius 3 is 2.68 bits per heavy atom. The number of hydrogen-bond acceptors (Lipinski definition) is 4. The van der Waals surface area contributed by atoms with Crippen molar-refractivity contribution in [1.29, 1.82) is 0 Å². The van der Waals surface area contributed by atoms with Crippen molar-refractivity contribution in [3.63, 3.8) is 0 Å². The van der Waals surface area contributed by atoms with E-state index in [0.717, 1.165) is 0 Å². The summed E-state index contributed by atoms with van der Waals surface area (Å²) in [6, 6.07) is 6.70. The number of thioether (sulfide) groups is 1. The Morgan fingerprint density at radius 1 is 1.47 bits per heavy atom. The second kappa shape index (κ2) is 5.75. The molecule has 0 bridgehead atoms. The van der Waals surface area contributed by atoms with E-state index in [0.29, 0.717) is 35.4 Å². The Kier molecular flexibility index (Phi) is 4.26. The summed E-state index contributed by atoms with van der Waals surface area (Å²) in [5, 5.41) is 15.0. The number of hydrogen-bond donors (Lipinski definition) is 3. The van der Waals surface area contributed by atoms with E-state index in [4.69, 9.17) is 5.11 Å². The highest BCUT2D eigenvalue weighted by atomic mass is 32.2. The Labute approximate surface area is 113 Å². The fourth-order valence-corrected chi connectivity index (χ4v) is 2.62. The number of carboxylic acids is 1. The van der Waals surface area contributed by atoms with Gasteiger partial charge in [0.1, 0.15) is 0 Å². The van der Waals surface area contributed by atoms with E-state index in [9.17, 15) is 13.6 Å². The number of anilines is 1. The van der Waals surface area contributed by atoms with Crippen LogP contribution in [0.5, 0.6) is 0 Å². The van der Waals surface area contributed by atoms with Crippen LogP contribution in [0, 0.1) is 0 Å². The van der Waals surface area contributed by atoms with Gasteiger partial charge in [0, 0.05) is 23.7 Å². The summed E-state index contributed by atoms with van der Waals surface area (Å²) in [5.74, 6) is -3.41. The monoisotopic (exact) mass is 288 g/mol. The fourth-order valence-electron chi connectivity index (χ4n) is 2.03. The zero-order valence-corrected chi connectivity index (χ0v) is 10.8. The third-order valence-corrected chi connectivity index (χ3v) is 3.71. The summed E-state index contributed by atoms with van der Waals surface area (Å²) in [7, 11) is 0. The van der Waals surface area contributed by atoms with Crippen LogP contribution in [-0.4, -0.2) is 35.5 Å². The highest BCUT2D eigenvalue weighted by Gasteiger charge is 2.39. The van der Waals surface area contributed by atoms with E-state index >= 15 is 0 Å². The van der Waals surface area contributed by atoms with Crippen molar-refractivity contribution in [3.8, 4) is 0 Å². The highest BCUT2D eigenvalue weighted by Crippen LogP contribution is 2.34. The molecule has 1 heterocycles. The predicted molar refractivity (Wildman–Crippen MR) is 69.8 cm³/mol. The van der Waals surface area contributed by atoms with Gasteiger partial charge in [0.05, 0.1) is 12.0 Å². The molecule has 0 atom stereocenters. The lowest BCUT2D eigenvalue weighted by Gasteiger charge is -2.43. The van der Waals surface area contributed by atoms with Crippen LogP contribution in [-0.2, 0) is 4.79 Å². The summed E-state index contributed by atoms with van der Waals surface area (Å²) in [5.41, 5.74) is -0.0412. The van der Waals surface area contributed by atoms with Gasteiger partial charge < -0.3 is 15.7 Å². The Balaban J connectivity index is 2.15. The average molecular weight is 288 g/mol. The van der Waals surface area contributed by atoms with Gasteiger partial charge in [0.15, 0.2) is 0 Å². The summed E-state index contributed by atoms with van der Waals surface area (Å²) < 4.78 is 24.9. The molecule has 2 rings (SSSR count). The number of benzene rings is 1. The molecule has 0 radical (unpaired) electrons. The van der Waals surface area contributed by atoms with Crippen molar-refractivity contribution in [1.82, 2.24) is 5.32 Å². The van der Waals surface area contributed by atoms with Crippen molar-refractivity contribution in [2.45, 2.75) is 22.6 Å². The molecule has 1 aromatic carbocycles. The average Bonchev–Trinajstić information content (AvgIpc) is 2.27. The van der Waals surface area contributed by atoms with E-state index in [1.54, 1.807) is 24.3 Å². The first kappa shape index (κ1) is 14.1. The molecule has 0 aromatic heterocycles. The third-order valence-electron chi connectivity index (χ3n) is 2.92. The predicted octanol–water partition coefficient (Wildman–Crippen LogP) is 2.23. The molecule has 0 saturated carbocycles. The maximum absolute atomic E-state index is 12.5. The summed E-state index contributed by atoms with van der Waals surface area (Å²) in [6.07, 6.45) is -0.0479. The SMILES string of the molecule is O=C(O)CC1(Nc2ccccc2SC(F)F)CNC1. The van der Waals surface area contributed by atoms with Crippen molar-refractivity contribution in [2.24, 2.45) is 0 Å². The lowest BCUT2D eigenvalue weighted by atomic mass is 9.88. The van der Waals surface area contributed by atoms with E-state index in [-0.39, 0.29) is 6.42 Å². The zero-order valence-electron chi connectivity index (χ0n) is 10.0. The molecule has 7 heteroatoms.